The zero-order valence-electron chi connectivity index (χ0n) is 7.74. The summed E-state index contributed by atoms with van der Waals surface area (Å²) in [5.74, 6) is 0.728. The van der Waals surface area contributed by atoms with Crippen LogP contribution in [0.25, 0.3) is 0 Å². The van der Waals surface area contributed by atoms with Crippen LogP contribution in [0.5, 0.6) is 5.75 Å². The van der Waals surface area contributed by atoms with Gasteiger partial charge in [0.05, 0.1) is 18.7 Å². The minimum absolute atomic E-state index is 0.148. The molecular formula is C10H12N2O. The van der Waals surface area contributed by atoms with Gasteiger partial charge in [0.2, 0.25) is 0 Å². The van der Waals surface area contributed by atoms with Gasteiger partial charge in [0.25, 0.3) is 0 Å². The van der Waals surface area contributed by atoms with E-state index in [1.165, 1.54) is 0 Å². The topological polar surface area (TPSA) is 59.0 Å². The molecule has 0 radical (unpaired) electrons. The lowest BCUT2D eigenvalue weighted by Crippen LogP contribution is -2.07. The van der Waals surface area contributed by atoms with E-state index in [9.17, 15) is 0 Å². The predicted molar refractivity (Wildman–Crippen MR) is 50.3 cm³/mol. The van der Waals surface area contributed by atoms with Crippen molar-refractivity contribution in [2.75, 3.05) is 7.11 Å². The highest BCUT2D eigenvalue weighted by molar-refractivity contribution is 5.44. The van der Waals surface area contributed by atoms with Gasteiger partial charge in [0.15, 0.2) is 0 Å². The predicted octanol–water partition coefficient (Wildman–Crippen LogP) is 1.59. The van der Waals surface area contributed by atoms with Crippen LogP contribution >= 0.6 is 0 Å². The smallest absolute Gasteiger partial charge is 0.119 e. The Labute approximate surface area is 77.7 Å². The highest BCUT2D eigenvalue weighted by atomic mass is 16.5. The van der Waals surface area contributed by atoms with Crippen LogP contribution in [-0.4, -0.2) is 7.11 Å². The summed E-state index contributed by atoms with van der Waals surface area (Å²) in [6.45, 7) is 1.84. The maximum absolute atomic E-state index is 8.78. The molecule has 13 heavy (non-hydrogen) atoms. The Morgan fingerprint density at radius 1 is 1.54 bits per heavy atom. The average molecular weight is 176 g/mol. The van der Waals surface area contributed by atoms with Crippen LogP contribution in [0.15, 0.2) is 18.2 Å². The van der Waals surface area contributed by atoms with Crippen molar-refractivity contribution in [2.24, 2.45) is 5.73 Å². The summed E-state index contributed by atoms with van der Waals surface area (Å²) in [5, 5.41) is 8.78. The molecule has 0 aromatic heterocycles. The van der Waals surface area contributed by atoms with Gasteiger partial charge in [-0.2, -0.15) is 5.26 Å². The average Bonchev–Trinajstić information content (AvgIpc) is 2.16. The van der Waals surface area contributed by atoms with Gasteiger partial charge in [-0.3, -0.25) is 0 Å². The molecular weight excluding hydrogens is 164 g/mol. The van der Waals surface area contributed by atoms with Gasteiger partial charge in [0, 0.05) is 6.04 Å². The van der Waals surface area contributed by atoms with Gasteiger partial charge >= 0.3 is 0 Å². The van der Waals surface area contributed by atoms with Crippen molar-refractivity contribution in [3.05, 3.63) is 29.3 Å². The third-order valence-electron chi connectivity index (χ3n) is 1.87. The molecule has 0 saturated carbocycles. The maximum atomic E-state index is 8.78. The second-order valence-electron chi connectivity index (χ2n) is 2.85. The quantitative estimate of drug-likeness (QED) is 0.744. The molecule has 1 unspecified atom stereocenters. The number of nitrogens with zero attached hydrogens (tertiary/aromatic N) is 1. The summed E-state index contributed by atoms with van der Waals surface area (Å²) in [7, 11) is 1.59. The largest absolute Gasteiger partial charge is 0.497 e. The Morgan fingerprint density at radius 3 is 2.69 bits per heavy atom. The summed E-state index contributed by atoms with van der Waals surface area (Å²) in [6, 6.07) is 7.21. The first-order valence-corrected chi connectivity index (χ1v) is 4.02. The Balaban J connectivity index is 3.20. The molecule has 0 aliphatic rings. The zero-order valence-corrected chi connectivity index (χ0v) is 7.74. The van der Waals surface area contributed by atoms with Crippen molar-refractivity contribution in [1.29, 1.82) is 5.26 Å². The molecule has 3 heteroatoms. The third kappa shape index (κ3) is 1.98. The van der Waals surface area contributed by atoms with Gasteiger partial charge in [-0.25, -0.2) is 0 Å². The van der Waals surface area contributed by atoms with Gasteiger partial charge in [0.1, 0.15) is 5.75 Å². The van der Waals surface area contributed by atoms with Gasteiger partial charge in [-0.05, 0) is 30.7 Å². The van der Waals surface area contributed by atoms with Gasteiger partial charge < -0.3 is 10.5 Å². The fourth-order valence-electron chi connectivity index (χ4n) is 1.15. The van der Waals surface area contributed by atoms with Crippen molar-refractivity contribution in [1.82, 2.24) is 0 Å². The monoisotopic (exact) mass is 176 g/mol. The van der Waals surface area contributed by atoms with E-state index >= 15 is 0 Å². The van der Waals surface area contributed by atoms with Crippen LogP contribution in [-0.2, 0) is 0 Å². The lowest BCUT2D eigenvalue weighted by atomic mass is 10.0. The van der Waals surface area contributed by atoms with Crippen LogP contribution in [0.1, 0.15) is 24.1 Å². The number of ether oxygens (including phenoxy) is 1. The maximum Gasteiger partial charge on any atom is 0.119 e. The molecule has 1 aromatic rings. The van der Waals surface area contributed by atoms with Crippen molar-refractivity contribution in [2.45, 2.75) is 13.0 Å². The Hall–Kier alpha value is -1.53. The summed E-state index contributed by atoms with van der Waals surface area (Å²) < 4.78 is 5.04. The van der Waals surface area contributed by atoms with E-state index in [0.29, 0.717) is 5.56 Å². The van der Waals surface area contributed by atoms with E-state index in [1.807, 2.05) is 6.92 Å². The third-order valence-corrected chi connectivity index (χ3v) is 1.87. The second kappa shape index (κ2) is 3.92. The molecule has 0 fully saturated rings. The number of methoxy groups -OCH3 is 1. The lowest BCUT2D eigenvalue weighted by molar-refractivity contribution is 0.414. The lowest BCUT2D eigenvalue weighted by Gasteiger charge is -2.09. The summed E-state index contributed by atoms with van der Waals surface area (Å²) in [6.07, 6.45) is 0. The summed E-state index contributed by atoms with van der Waals surface area (Å²) >= 11 is 0. The number of hydrogen-bond donors (Lipinski definition) is 1. The highest BCUT2D eigenvalue weighted by Gasteiger charge is 2.07. The van der Waals surface area contributed by atoms with Crippen molar-refractivity contribution in [3.8, 4) is 11.8 Å². The normalized spacial score (nSPS) is 11.8. The molecule has 0 aliphatic heterocycles. The molecule has 0 heterocycles. The first-order valence-electron chi connectivity index (χ1n) is 4.02. The molecule has 0 bridgehead atoms. The number of nitriles is 1. The molecule has 1 rings (SSSR count). The van der Waals surface area contributed by atoms with Gasteiger partial charge in [-0.15, -0.1) is 0 Å². The van der Waals surface area contributed by atoms with Crippen LogP contribution in [0.3, 0.4) is 0 Å². The number of benzene rings is 1. The molecule has 1 atom stereocenters. The highest BCUT2D eigenvalue weighted by Crippen LogP contribution is 2.21. The number of rotatable bonds is 2. The summed E-state index contributed by atoms with van der Waals surface area (Å²) in [5.41, 5.74) is 7.14. The van der Waals surface area contributed by atoms with Crippen LogP contribution < -0.4 is 10.5 Å². The molecule has 1 aromatic carbocycles. The first kappa shape index (κ1) is 9.56. The Bertz CT molecular complexity index is 339. The second-order valence-corrected chi connectivity index (χ2v) is 2.85. The van der Waals surface area contributed by atoms with Crippen LogP contribution in [0.2, 0.25) is 0 Å². The molecule has 2 N–H and O–H groups in total. The number of hydrogen-bond acceptors (Lipinski definition) is 3. The van der Waals surface area contributed by atoms with E-state index in [0.717, 1.165) is 11.3 Å². The van der Waals surface area contributed by atoms with Crippen LogP contribution in [0.4, 0.5) is 0 Å². The van der Waals surface area contributed by atoms with E-state index in [1.54, 1.807) is 25.3 Å². The standard InChI is InChI=1S/C10H12N2O/c1-7(12)10-5-9(13-2)4-3-8(10)6-11/h3-5,7H,12H2,1-2H3. The van der Waals surface area contributed by atoms with Crippen molar-refractivity contribution < 1.29 is 4.74 Å². The van der Waals surface area contributed by atoms with Crippen molar-refractivity contribution in [3.63, 3.8) is 0 Å². The molecule has 0 spiro atoms. The molecule has 0 aliphatic carbocycles. The fraction of sp³-hybridized carbons (Fsp3) is 0.300. The van der Waals surface area contributed by atoms with Crippen LogP contribution in [0, 0.1) is 11.3 Å². The minimum Gasteiger partial charge on any atom is -0.497 e. The van der Waals surface area contributed by atoms with Crippen molar-refractivity contribution >= 4 is 0 Å². The molecule has 3 nitrogen and oxygen atoms in total. The number of nitrogens with two attached hydrogens (primary N) is 1. The van der Waals surface area contributed by atoms with E-state index < -0.39 is 0 Å². The Morgan fingerprint density at radius 2 is 2.23 bits per heavy atom. The molecule has 0 saturated heterocycles. The molecule has 0 amide bonds. The van der Waals surface area contributed by atoms with E-state index in [-0.39, 0.29) is 6.04 Å². The Kier molecular flexibility index (Phi) is 2.88. The molecule has 68 valence electrons. The zero-order chi connectivity index (χ0) is 9.84. The SMILES string of the molecule is COc1ccc(C#N)c(C(C)N)c1. The first-order chi connectivity index (χ1) is 6.19. The summed E-state index contributed by atoms with van der Waals surface area (Å²) in [4.78, 5) is 0. The van der Waals surface area contributed by atoms with Gasteiger partial charge in [-0.1, -0.05) is 0 Å². The minimum atomic E-state index is -0.148. The van der Waals surface area contributed by atoms with E-state index in [2.05, 4.69) is 6.07 Å². The fourth-order valence-corrected chi connectivity index (χ4v) is 1.15. The van der Waals surface area contributed by atoms with E-state index in [4.69, 9.17) is 15.7 Å².